The summed E-state index contributed by atoms with van der Waals surface area (Å²) in [5.74, 6) is 7.58. The van der Waals surface area contributed by atoms with Crippen LogP contribution in [0.5, 0.6) is 0 Å². The number of fused-ring (bicyclic) bond motifs is 2. The maximum absolute atomic E-state index is 12.4. The van der Waals surface area contributed by atoms with Gasteiger partial charge in [0, 0.05) is 24.0 Å². The fourth-order valence-corrected chi connectivity index (χ4v) is 3.29. The molecule has 0 fully saturated rings. The van der Waals surface area contributed by atoms with Gasteiger partial charge >= 0.3 is 0 Å². The van der Waals surface area contributed by atoms with Crippen LogP contribution in [0.25, 0.3) is 0 Å². The van der Waals surface area contributed by atoms with Crippen molar-refractivity contribution in [3.63, 3.8) is 0 Å². The van der Waals surface area contributed by atoms with Crippen molar-refractivity contribution in [2.24, 2.45) is 5.92 Å². The molecule has 1 aliphatic carbocycles. The maximum atomic E-state index is 12.4. The van der Waals surface area contributed by atoms with Crippen LogP contribution in [-0.2, 0) is 11.2 Å². The quantitative estimate of drug-likeness (QED) is 0.746. The van der Waals surface area contributed by atoms with E-state index in [9.17, 15) is 4.79 Å². The molecule has 1 aliphatic rings. The number of rotatable bonds is 4. The Kier molecular flexibility index (Phi) is 4.63. The summed E-state index contributed by atoms with van der Waals surface area (Å²) in [6, 6.07) is 16.6. The topological polar surface area (TPSA) is 17.1 Å². The monoisotopic (exact) mass is 302 g/mol. The number of ketones is 1. The molecule has 2 aromatic carbocycles. The first-order valence-corrected chi connectivity index (χ1v) is 8.34. The van der Waals surface area contributed by atoms with Crippen LogP contribution in [0.1, 0.15) is 54.9 Å². The van der Waals surface area contributed by atoms with Gasteiger partial charge in [-0.25, -0.2) is 0 Å². The van der Waals surface area contributed by atoms with Crippen molar-refractivity contribution in [2.45, 2.75) is 39.0 Å². The van der Waals surface area contributed by atoms with Gasteiger partial charge in [-0.1, -0.05) is 62.1 Å². The lowest BCUT2D eigenvalue weighted by Gasteiger charge is -2.21. The minimum Gasteiger partial charge on any atom is -0.300 e. The largest absolute Gasteiger partial charge is 0.300 e. The summed E-state index contributed by atoms with van der Waals surface area (Å²) >= 11 is 0. The molecular formula is C22H22O. The van der Waals surface area contributed by atoms with E-state index in [1.165, 1.54) is 11.1 Å². The molecule has 1 nitrogen and oxygen atoms in total. The van der Waals surface area contributed by atoms with Gasteiger partial charge in [-0.05, 0) is 41.5 Å². The Morgan fingerprint density at radius 1 is 1.04 bits per heavy atom. The summed E-state index contributed by atoms with van der Waals surface area (Å²) in [6.45, 7) is 4.20. The van der Waals surface area contributed by atoms with Gasteiger partial charge in [-0.15, -0.1) is 0 Å². The van der Waals surface area contributed by atoms with Crippen molar-refractivity contribution in [3.8, 4) is 11.8 Å². The SMILES string of the molecule is CC(C)CC(=O)CC1Cc2ccccc2C#Cc2ccccc21. The average molecular weight is 302 g/mol. The molecule has 0 saturated carbocycles. The number of hydrogen-bond donors (Lipinski definition) is 0. The van der Waals surface area contributed by atoms with E-state index in [4.69, 9.17) is 0 Å². The molecule has 1 heteroatoms. The highest BCUT2D eigenvalue weighted by Crippen LogP contribution is 2.30. The van der Waals surface area contributed by atoms with Gasteiger partial charge in [-0.2, -0.15) is 0 Å². The van der Waals surface area contributed by atoms with Crippen LogP contribution in [-0.4, -0.2) is 5.78 Å². The normalized spacial score (nSPS) is 15.7. The van der Waals surface area contributed by atoms with E-state index in [0.717, 1.165) is 17.5 Å². The van der Waals surface area contributed by atoms with Gasteiger partial charge in [0.1, 0.15) is 5.78 Å². The molecule has 1 unspecified atom stereocenters. The van der Waals surface area contributed by atoms with E-state index in [1.54, 1.807) is 0 Å². The van der Waals surface area contributed by atoms with Crippen LogP contribution in [0.15, 0.2) is 48.5 Å². The Morgan fingerprint density at radius 3 is 2.48 bits per heavy atom. The van der Waals surface area contributed by atoms with E-state index in [-0.39, 0.29) is 5.92 Å². The predicted molar refractivity (Wildman–Crippen MR) is 94.4 cm³/mol. The Morgan fingerprint density at radius 2 is 1.70 bits per heavy atom. The molecule has 0 heterocycles. The van der Waals surface area contributed by atoms with Crippen molar-refractivity contribution < 1.29 is 4.79 Å². The van der Waals surface area contributed by atoms with E-state index < -0.39 is 0 Å². The molecule has 1 atom stereocenters. The molecule has 116 valence electrons. The summed E-state index contributed by atoms with van der Waals surface area (Å²) in [5, 5.41) is 0. The molecule has 0 aromatic heterocycles. The van der Waals surface area contributed by atoms with Crippen molar-refractivity contribution in [1.29, 1.82) is 0 Å². The molecule has 0 saturated heterocycles. The second kappa shape index (κ2) is 6.84. The molecule has 0 radical (unpaired) electrons. The average Bonchev–Trinajstić information content (AvgIpc) is 2.51. The number of Topliss-reactive ketones (excluding diaryl/α,β-unsaturated/α-hetero) is 1. The fraction of sp³-hybridized carbons (Fsp3) is 0.318. The van der Waals surface area contributed by atoms with Gasteiger partial charge in [0.2, 0.25) is 0 Å². The zero-order chi connectivity index (χ0) is 16.2. The van der Waals surface area contributed by atoms with Crippen molar-refractivity contribution in [1.82, 2.24) is 0 Å². The van der Waals surface area contributed by atoms with Gasteiger partial charge < -0.3 is 0 Å². The Bertz CT molecular complexity index is 774. The smallest absolute Gasteiger partial charge is 0.133 e. The van der Waals surface area contributed by atoms with Crippen LogP contribution in [0.2, 0.25) is 0 Å². The summed E-state index contributed by atoms with van der Waals surface area (Å²) < 4.78 is 0. The summed E-state index contributed by atoms with van der Waals surface area (Å²) in [7, 11) is 0. The number of hydrogen-bond acceptors (Lipinski definition) is 1. The molecule has 0 spiro atoms. The molecule has 0 amide bonds. The summed E-state index contributed by atoms with van der Waals surface area (Å²) in [4.78, 5) is 12.4. The number of benzene rings is 2. The summed E-state index contributed by atoms with van der Waals surface area (Å²) in [5.41, 5.74) is 4.61. The van der Waals surface area contributed by atoms with Crippen LogP contribution >= 0.6 is 0 Å². The van der Waals surface area contributed by atoms with Crippen LogP contribution in [0.3, 0.4) is 0 Å². The zero-order valence-corrected chi connectivity index (χ0v) is 13.8. The predicted octanol–water partition coefficient (Wildman–Crippen LogP) is 4.73. The van der Waals surface area contributed by atoms with E-state index in [0.29, 0.717) is 24.5 Å². The van der Waals surface area contributed by atoms with Crippen molar-refractivity contribution in [2.75, 3.05) is 0 Å². The highest BCUT2D eigenvalue weighted by atomic mass is 16.1. The zero-order valence-electron chi connectivity index (χ0n) is 13.8. The number of carbonyl (C=O) groups excluding carboxylic acids is 1. The van der Waals surface area contributed by atoms with Gasteiger partial charge in [0.25, 0.3) is 0 Å². The first-order valence-electron chi connectivity index (χ1n) is 8.34. The van der Waals surface area contributed by atoms with Crippen LogP contribution in [0, 0.1) is 17.8 Å². The molecule has 23 heavy (non-hydrogen) atoms. The molecule has 2 aromatic rings. The molecule has 0 N–H and O–H groups in total. The highest BCUT2D eigenvalue weighted by Gasteiger charge is 2.21. The Balaban J connectivity index is 1.99. The fourth-order valence-electron chi connectivity index (χ4n) is 3.29. The lowest BCUT2D eigenvalue weighted by atomic mass is 9.82. The maximum Gasteiger partial charge on any atom is 0.133 e. The lowest BCUT2D eigenvalue weighted by Crippen LogP contribution is -2.14. The molecule has 0 bridgehead atoms. The number of carbonyl (C=O) groups is 1. The first-order chi connectivity index (χ1) is 11.1. The summed E-state index contributed by atoms with van der Waals surface area (Å²) in [6.07, 6.45) is 2.14. The van der Waals surface area contributed by atoms with Gasteiger partial charge in [-0.3, -0.25) is 4.79 Å². The third kappa shape index (κ3) is 3.71. The van der Waals surface area contributed by atoms with E-state index >= 15 is 0 Å². The second-order valence-corrected chi connectivity index (χ2v) is 6.74. The van der Waals surface area contributed by atoms with Crippen LogP contribution in [0.4, 0.5) is 0 Å². The standard InChI is InChI=1S/C22H22O/c1-16(2)13-21(23)15-20-14-19-9-4-3-7-17(19)11-12-18-8-5-6-10-22(18)20/h3-10,16,20H,13-15H2,1-2H3. The minimum atomic E-state index is 0.216. The van der Waals surface area contributed by atoms with Crippen LogP contribution < -0.4 is 0 Å². The molecular weight excluding hydrogens is 280 g/mol. The first kappa shape index (κ1) is 15.6. The van der Waals surface area contributed by atoms with Crippen molar-refractivity contribution in [3.05, 3.63) is 70.8 Å². The molecule has 0 aliphatic heterocycles. The van der Waals surface area contributed by atoms with Crippen molar-refractivity contribution >= 4 is 5.78 Å². The lowest BCUT2D eigenvalue weighted by molar-refractivity contribution is -0.120. The van der Waals surface area contributed by atoms with Gasteiger partial charge in [0.05, 0.1) is 0 Å². The Hall–Kier alpha value is -2.33. The highest BCUT2D eigenvalue weighted by molar-refractivity contribution is 5.79. The van der Waals surface area contributed by atoms with E-state index in [1.807, 2.05) is 18.2 Å². The third-order valence-corrected chi connectivity index (χ3v) is 4.33. The van der Waals surface area contributed by atoms with E-state index in [2.05, 4.69) is 56.0 Å². The minimum absolute atomic E-state index is 0.216. The Labute approximate surface area is 138 Å². The second-order valence-electron chi connectivity index (χ2n) is 6.74. The third-order valence-electron chi connectivity index (χ3n) is 4.33. The van der Waals surface area contributed by atoms with Gasteiger partial charge in [0.15, 0.2) is 0 Å². The molecule has 3 rings (SSSR count).